The molecular formula is C16H24F2N2O2. The summed E-state index contributed by atoms with van der Waals surface area (Å²) in [5.74, 6) is -1.35. The van der Waals surface area contributed by atoms with E-state index in [1.165, 1.54) is 12.1 Å². The molecule has 0 aliphatic carbocycles. The van der Waals surface area contributed by atoms with Crippen molar-refractivity contribution in [2.24, 2.45) is 5.41 Å². The number of aliphatic hydroxyl groups excluding tert-OH is 1. The van der Waals surface area contributed by atoms with Crippen LogP contribution in [0.4, 0.5) is 13.6 Å². The van der Waals surface area contributed by atoms with E-state index < -0.39 is 35.2 Å². The number of aliphatic hydroxyl groups is 1. The average Bonchev–Trinajstić information content (AvgIpc) is 2.35. The maximum Gasteiger partial charge on any atom is 0.315 e. The zero-order valence-corrected chi connectivity index (χ0v) is 13.4. The third kappa shape index (κ3) is 5.60. The molecule has 2 amide bonds. The van der Waals surface area contributed by atoms with Crippen LogP contribution in [0.1, 0.15) is 45.7 Å². The van der Waals surface area contributed by atoms with Crippen molar-refractivity contribution in [3.05, 3.63) is 35.4 Å². The molecule has 1 aromatic rings. The van der Waals surface area contributed by atoms with E-state index in [4.69, 9.17) is 5.11 Å². The van der Waals surface area contributed by atoms with Crippen molar-refractivity contribution in [3.8, 4) is 0 Å². The molecule has 0 saturated carbocycles. The van der Waals surface area contributed by atoms with E-state index in [0.717, 1.165) is 6.07 Å². The largest absolute Gasteiger partial charge is 0.393 e. The summed E-state index contributed by atoms with van der Waals surface area (Å²) in [4.78, 5) is 11.9. The molecule has 0 aliphatic rings. The predicted molar refractivity (Wildman–Crippen MR) is 81.4 cm³/mol. The summed E-state index contributed by atoms with van der Waals surface area (Å²) in [6.45, 7) is 7.52. The van der Waals surface area contributed by atoms with Crippen molar-refractivity contribution in [1.29, 1.82) is 0 Å². The van der Waals surface area contributed by atoms with Gasteiger partial charge in [-0.25, -0.2) is 13.6 Å². The van der Waals surface area contributed by atoms with E-state index in [2.05, 4.69) is 10.6 Å². The lowest BCUT2D eigenvalue weighted by Crippen LogP contribution is -2.43. The Bertz CT molecular complexity index is 513. The zero-order valence-electron chi connectivity index (χ0n) is 13.4. The summed E-state index contributed by atoms with van der Waals surface area (Å²) in [6, 6.07) is 2.26. The third-order valence-electron chi connectivity index (χ3n) is 3.26. The first-order valence-electron chi connectivity index (χ1n) is 7.28. The van der Waals surface area contributed by atoms with E-state index in [-0.39, 0.29) is 5.56 Å². The van der Waals surface area contributed by atoms with Crippen LogP contribution in [-0.4, -0.2) is 23.8 Å². The van der Waals surface area contributed by atoms with Crippen LogP contribution < -0.4 is 10.6 Å². The lowest BCUT2D eigenvalue weighted by Gasteiger charge is -2.32. The molecule has 2 atom stereocenters. The normalized spacial score (nSPS) is 14.3. The average molecular weight is 314 g/mol. The number of rotatable bonds is 5. The van der Waals surface area contributed by atoms with Gasteiger partial charge in [0.25, 0.3) is 0 Å². The van der Waals surface area contributed by atoms with Gasteiger partial charge in [0, 0.05) is 18.2 Å². The monoisotopic (exact) mass is 314 g/mol. The number of amides is 2. The fraction of sp³-hybridized carbons (Fsp3) is 0.562. The molecule has 0 aliphatic heterocycles. The quantitative estimate of drug-likeness (QED) is 0.782. The van der Waals surface area contributed by atoms with Crippen LogP contribution in [0, 0.1) is 17.0 Å². The Morgan fingerprint density at radius 2 is 1.95 bits per heavy atom. The topological polar surface area (TPSA) is 61.4 Å². The summed E-state index contributed by atoms with van der Waals surface area (Å²) < 4.78 is 27.0. The van der Waals surface area contributed by atoms with Crippen molar-refractivity contribution < 1.29 is 18.7 Å². The van der Waals surface area contributed by atoms with Crippen molar-refractivity contribution in [1.82, 2.24) is 10.6 Å². The first kappa shape index (κ1) is 18.4. The van der Waals surface area contributed by atoms with Gasteiger partial charge in [-0.2, -0.15) is 0 Å². The molecule has 124 valence electrons. The van der Waals surface area contributed by atoms with Gasteiger partial charge in [-0.1, -0.05) is 26.8 Å². The first-order valence-corrected chi connectivity index (χ1v) is 7.28. The molecule has 0 spiro atoms. The molecule has 22 heavy (non-hydrogen) atoms. The molecule has 3 N–H and O–H groups in total. The minimum absolute atomic E-state index is 0.236. The zero-order chi connectivity index (χ0) is 16.9. The molecule has 4 nitrogen and oxygen atoms in total. The number of nitrogens with one attached hydrogen (secondary N) is 2. The van der Waals surface area contributed by atoms with Gasteiger partial charge in [-0.3, -0.25) is 0 Å². The minimum Gasteiger partial charge on any atom is -0.393 e. The molecule has 0 aromatic heterocycles. The molecular weight excluding hydrogens is 290 g/mol. The van der Waals surface area contributed by atoms with Crippen LogP contribution in [0.5, 0.6) is 0 Å². The Labute approximate surface area is 129 Å². The summed E-state index contributed by atoms with van der Waals surface area (Å²) in [6.07, 6.45) is -0.0772. The van der Waals surface area contributed by atoms with E-state index in [1.807, 2.05) is 20.8 Å². The van der Waals surface area contributed by atoms with Gasteiger partial charge < -0.3 is 15.7 Å². The summed E-state index contributed by atoms with van der Waals surface area (Å²) in [5.41, 5.74) is -0.222. The van der Waals surface area contributed by atoms with Crippen LogP contribution in [0.25, 0.3) is 0 Å². The highest BCUT2D eigenvalue weighted by molar-refractivity contribution is 5.74. The molecule has 1 aromatic carbocycles. The van der Waals surface area contributed by atoms with Gasteiger partial charge in [0.05, 0.1) is 12.1 Å². The summed E-state index contributed by atoms with van der Waals surface area (Å²) >= 11 is 0. The molecule has 0 bridgehead atoms. The second-order valence-electron chi connectivity index (χ2n) is 6.50. The highest BCUT2D eigenvalue weighted by Gasteiger charge is 2.30. The van der Waals surface area contributed by atoms with Gasteiger partial charge in [0.15, 0.2) is 0 Å². The first-order chi connectivity index (χ1) is 10.1. The van der Waals surface area contributed by atoms with Gasteiger partial charge >= 0.3 is 6.03 Å². The molecule has 6 heteroatoms. The number of urea groups is 1. The van der Waals surface area contributed by atoms with Crippen LogP contribution in [0.15, 0.2) is 18.2 Å². The SMILES string of the molecule is CC(O)CCNC(=O)NC(c1ccc(F)cc1F)C(C)(C)C. The Morgan fingerprint density at radius 1 is 1.32 bits per heavy atom. The summed E-state index contributed by atoms with van der Waals surface area (Å²) in [7, 11) is 0. The van der Waals surface area contributed by atoms with Crippen molar-refractivity contribution in [2.45, 2.75) is 46.3 Å². The Balaban J connectivity index is 2.84. The number of halogens is 2. The molecule has 0 saturated heterocycles. The van der Waals surface area contributed by atoms with Crippen molar-refractivity contribution in [2.75, 3.05) is 6.54 Å². The van der Waals surface area contributed by atoms with Gasteiger partial charge in [0.1, 0.15) is 11.6 Å². The summed E-state index contributed by atoms with van der Waals surface area (Å²) in [5, 5.41) is 14.5. The van der Waals surface area contributed by atoms with Crippen LogP contribution in [0.3, 0.4) is 0 Å². The highest BCUT2D eigenvalue weighted by Crippen LogP contribution is 2.34. The molecule has 2 unspecified atom stereocenters. The van der Waals surface area contributed by atoms with Crippen molar-refractivity contribution >= 4 is 6.03 Å². The molecule has 0 fully saturated rings. The number of hydrogen-bond acceptors (Lipinski definition) is 2. The molecule has 1 rings (SSSR count). The minimum atomic E-state index is -0.691. The maximum atomic E-state index is 14.0. The number of carbonyl (C=O) groups excluding carboxylic acids is 1. The number of benzene rings is 1. The Morgan fingerprint density at radius 3 is 2.45 bits per heavy atom. The Kier molecular flexibility index (Phi) is 6.29. The lowest BCUT2D eigenvalue weighted by molar-refractivity contribution is 0.181. The van der Waals surface area contributed by atoms with Gasteiger partial charge in [0.2, 0.25) is 0 Å². The van der Waals surface area contributed by atoms with E-state index >= 15 is 0 Å². The van der Waals surface area contributed by atoms with Gasteiger partial charge in [-0.05, 0) is 24.8 Å². The number of carbonyl (C=O) groups is 1. The van der Waals surface area contributed by atoms with Gasteiger partial charge in [-0.15, -0.1) is 0 Å². The smallest absolute Gasteiger partial charge is 0.315 e. The fourth-order valence-corrected chi connectivity index (χ4v) is 2.07. The van der Waals surface area contributed by atoms with E-state index in [1.54, 1.807) is 6.92 Å². The third-order valence-corrected chi connectivity index (χ3v) is 3.26. The number of hydrogen-bond donors (Lipinski definition) is 3. The Hall–Kier alpha value is -1.69. The van der Waals surface area contributed by atoms with E-state index in [0.29, 0.717) is 13.0 Å². The highest BCUT2D eigenvalue weighted by atomic mass is 19.1. The van der Waals surface area contributed by atoms with Crippen molar-refractivity contribution in [3.63, 3.8) is 0 Å². The predicted octanol–water partition coefficient (Wildman–Crippen LogP) is 3.12. The lowest BCUT2D eigenvalue weighted by atomic mass is 9.82. The van der Waals surface area contributed by atoms with E-state index in [9.17, 15) is 13.6 Å². The molecule has 0 radical (unpaired) electrons. The van der Waals surface area contributed by atoms with Crippen LogP contribution in [0.2, 0.25) is 0 Å². The standard InChI is InChI=1S/C16H24F2N2O2/c1-10(21)7-8-19-15(22)20-14(16(2,3)4)12-6-5-11(17)9-13(12)18/h5-6,9-10,14,21H,7-8H2,1-4H3,(H2,19,20,22). The molecule has 0 heterocycles. The van der Waals surface area contributed by atoms with Crippen LogP contribution in [-0.2, 0) is 0 Å². The second-order valence-corrected chi connectivity index (χ2v) is 6.50. The fourth-order valence-electron chi connectivity index (χ4n) is 2.07. The maximum absolute atomic E-state index is 14.0. The van der Waals surface area contributed by atoms with Crippen LogP contribution >= 0.6 is 0 Å². The second kappa shape index (κ2) is 7.54.